The van der Waals surface area contributed by atoms with Crippen molar-refractivity contribution in [3.8, 4) is 0 Å². The summed E-state index contributed by atoms with van der Waals surface area (Å²) in [7, 11) is 0. The molecule has 2 N–H and O–H groups in total. The largest absolute Gasteiger partial charge is 0.304 e. The molecular weight excluding hydrogens is 258 g/mol. The molecular formula is C13H21N5S. The second kappa shape index (κ2) is 4.52. The van der Waals surface area contributed by atoms with Crippen LogP contribution in [0.25, 0.3) is 0 Å². The zero-order valence-corrected chi connectivity index (χ0v) is 12.8. The minimum atomic E-state index is 0.117. The van der Waals surface area contributed by atoms with Gasteiger partial charge in [0.15, 0.2) is 5.17 Å². The molecule has 1 atom stereocenters. The Morgan fingerprint density at radius 3 is 2.84 bits per heavy atom. The quantitative estimate of drug-likeness (QED) is 0.767. The average molecular weight is 279 g/mol. The van der Waals surface area contributed by atoms with E-state index in [1.807, 2.05) is 11.3 Å². The van der Waals surface area contributed by atoms with Crippen LogP contribution in [-0.2, 0) is 0 Å². The van der Waals surface area contributed by atoms with Crippen molar-refractivity contribution in [1.82, 2.24) is 15.8 Å². The fraction of sp³-hybridized carbons (Fsp3) is 0.692. The van der Waals surface area contributed by atoms with Crippen LogP contribution in [0.2, 0.25) is 0 Å². The molecule has 2 aliphatic heterocycles. The van der Waals surface area contributed by atoms with Crippen LogP contribution in [0.3, 0.4) is 0 Å². The van der Waals surface area contributed by atoms with Gasteiger partial charge in [-0.05, 0) is 45.4 Å². The van der Waals surface area contributed by atoms with Gasteiger partial charge in [0.25, 0.3) is 0 Å². The molecule has 0 aromatic heterocycles. The fourth-order valence-electron chi connectivity index (χ4n) is 2.74. The van der Waals surface area contributed by atoms with Crippen LogP contribution in [-0.4, -0.2) is 40.5 Å². The third kappa shape index (κ3) is 2.51. The third-order valence-electron chi connectivity index (χ3n) is 3.47. The van der Waals surface area contributed by atoms with Crippen molar-refractivity contribution in [3.05, 3.63) is 11.3 Å². The minimum absolute atomic E-state index is 0.117. The molecule has 1 aliphatic carbocycles. The molecule has 0 radical (unpaired) electrons. The molecule has 0 amide bonds. The number of fused-ring (bicyclic) bond motifs is 1. The lowest BCUT2D eigenvalue weighted by atomic mass is 10.1. The normalized spacial score (nSPS) is 25.9. The first-order valence-electron chi connectivity index (χ1n) is 6.71. The van der Waals surface area contributed by atoms with Gasteiger partial charge in [-0.15, -0.1) is 0 Å². The molecule has 0 saturated heterocycles. The highest BCUT2D eigenvalue weighted by Crippen LogP contribution is 2.33. The van der Waals surface area contributed by atoms with Crippen molar-refractivity contribution in [3.63, 3.8) is 0 Å². The topological polar surface area (TPSA) is 52.0 Å². The summed E-state index contributed by atoms with van der Waals surface area (Å²) in [6, 6.07) is 0.373. The van der Waals surface area contributed by atoms with E-state index in [1.54, 1.807) is 11.8 Å². The number of guanidine groups is 1. The van der Waals surface area contributed by atoms with Gasteiger partial charge in [0.1, 0.15) is 0 Å². The lowest BCUT2D eigenvalue weighted by Crippen LogP contribution is -2.45. The molecule has 3 aliphatic rings. The summed E-state index contributed by atoms with van der Waals surface area (Å²) < 4.78 is 0. The number of hydrogen-bond acceptors (Lipinski definition) is 6. The van der Waals surface area contributed by atoms with Crippen molar-refractivity contribution in [2.75, 3.05) is 12.8 Å². The summed E-state index contributed by atoms with van der Waals surface area (Å²) in [4.78, 5) is 9.27. The standard InChI is InChI=1S/C13H21N5S/c1-13(2,3)16-9-6-5-8-7-18-11(14-10(8)9)15-12(17-18)19-4/h9,16H,5-7H2,1-4H3,(H,14,15,17). The van der Waals surface area contributed by atoms with E-state index in [4.69, 9.17) is 4.99 Å². The molecule has 5 nitrogen and oxygen atoms in total. The number of nitrogens with one attached hydrogen (secondary N) is 2. The fourth-order valence-corrected chi connectivity index (χ4v) is 3.11. The summed E-state index contributed by atoms with van der Waals surface area (Å²) >= 11 is 1.62. The maximum absolute atomic E-state index is 4.77. The third-order valence-corrected chi connectivity index (χ3v) is 4.04. The molecule has 104 valence electrons. The predicted molar refractivity (Wildman–Crippen MR) is 81.2 cm³/mol. The first-order chi connectivity index (χ1) is 8.96. The summed E-state index contributed by atoms with van der Waals surface area (Å²) in [5.41, 5.74) is 6.05. The second-order valence-electron chi connectivity index (χ2n) is 6.21. The van der Waals surface area contributed by atoms with Crippen molar-refractivity contribution in [2.45, 2.75) is 45.2 Å². The SMILES string of the molecule is CSC1=NC2=NC3=C(CCC3NC(C)(C)C)CN2N1. The highest BCUT2D eigenvalue weighted by molar-refractivity contribution is 8.13. The lowest BCUT2D eigenvalue weighted by molar-refractivity contribution is 0.378. The van der Waals surface area contributed by atoms with Gasteiger partial charge in [-0.3, -0.25) is 5.43 Å². The van der Waals surface area contributed by atoms with Crippen molar-refractivity contribution < 1.29 is 0 Å². The molecule has 3 rings (SSSR count). The Hall–Kier alpha value is -1.01. The van der Waals surface area contributed by atoms with Gasteiger partial charge in [0.2, 0.25) is 5.96 Å². The number of hydrogen-bond donors (Lipinski definition) is 2. The van der Waals surface area contributed by atoms with Crippen LogP contribution < -0.4 is 10.7 Å². The number of nitrogens with zero attached hydrogens (tertiary/aromatic N) is 3. The van der Waals surface area contributed by atoms with E-state index < -0.39 is 0 Å². The van der Waals surface area contributed by atoms with E-state index in [0.717, 1.165) is 30.5 Å². The van der Waals surface area contributed by atoms with E-state index in [9.17, 15) is 0 Å². The van der Waals surface area contributed by atoms with Crippen LogP contribution in [0.1, 0.15) is 33.6 Å². The number of rotatable bonds is 1. The highest BCUT2D eigenvalue weighted by Gasteiger charge is 2.35. The van der Waals surface area contributed by atoms with Crippen molar-refractivity contribution >= 4 is 22.9 Å². The first-order valence-corrected chi connectivity index (χ1v) is 7.94. The van der Waals surface area contributed by atoms with Crippen LogP contribution in [0.4, 0.5) is 0 Å². The number of aliphatic imine (C=N–C) groups is 2. The van der Waals surface area contributed by atoms with E-state index in [1.165, 1.54) is 11.3 Å². The molecule has 0 saturated carbocycles. The number of amidine groups is 1. The molecule has 1 unspecified atom stereocenters. The Kier molecular flexibility index (Phi) is 3.09. The Balaban J connectivity index is 1.83. The van der Waals surface area contributed by atoms with Gasteiger partial charge in [-0.2, -0.15) is 4.99 Å². The van der Waals surface area contributed by atoms with Gasteiger partial charge >= 0.3 is 0 Å². The monoisotopic (exact) mass is 279 g/mol. The van der Waals surface area contributed by atoms with Gasteiger partial charge in [0.05, 0.1) is 18.3 Å². The predicted octanol–water partition coefficient (Wildman–Crippen LogP) is 1.70. The maximum atomic E-state index is 4.77. The zero-order valence-electron chi connectivity index (χ0n) is 11.9. The minimum Gasteiger partial charge on any atom is -0.304 e. The summed E-state index contributed by atoms with van der Waals surface area (Å²) in [6.45, 7) is 7.52. The summed E-state index contributed by atoms with van der Waals surface area (Å²) in [6.07, 6.45) is 4.30. The summed E-state index contributed by atoms with van der Waals surface area (Å²) in [5, 5.41) is 6.64. The Morgan fingerprint density at radius 2 is 2.16 bits per heavy atom. The van der Waals surface area contributed by atoms with E-state index in [0.29, 0.717) is 6.04 Å². The second-order valence-corrected chi connectivity index (χ2v) is 7.00. The van der Waals surface area contributed by atoms with Gasteiger partial charge in [0, 0.05) is 5.54 Å². The van der Waals surface area contributed by atoms with Crippen LogP contribution in [0.5, 0.6) is 0 Å². The lowest BCUT2D eigenvalue weighted by Gasteiger charge is -2.28. The molecule has 0 spiro atoms. The molecule has 0 aromatic rings. The first kappa shape index (κ1) is 13.0. The highest BCUT2D eigenvalue weighted by atomic mass is 32.2. The maximum Gasteiger partial charge on any atom is 0.247 e. The van der Waals surface area contributed by atoms with Crippen LogP contribution in [0, 0.1) is 0 Å². The number of hydrazine groups is 1. The van der Waals surface area contributed by atoms with Crippen LogP contribution in [0.15, 0.2) is 21.3 Å². The van der Waals surface area contributed by atoms with E-state index >= 15 is 0 Å². The Morgan fingerprint density at radius 1 is 1.37 bits per heavy atom. The van der Waals surface area contributed by atoms with E-state index in [-0.39, 0.29) is 5.54 Å². The number of thioether (sulfide) groups is 1. The van der Waals surface area contributed by atoms with Crippen LogP contribution >= 0.6 is 11.8 Å². The van der Waals surface area contributed by atoms with Gasteiger partial charge < -0.3 is 5.32 Å². The van der Waals surface area contributed by atoms with Crippen molar-refractivity contribution in [1.29, 1.82) is 0 Å². The molecule has 2 heterocycles. The molecule has 6 heteroatoms. The van der Waals surface area contributed by atoms with Gasteiger partial charge in [-0.1, -0.05) is 11.8 Å². The molecule has 0 fully saturated rings. The Labute approximate surface area is 118 Å². The molecule has 19 heavy (non-hydrogen) atoms. The van der Waals surface area contributed by atoms with Crippen molar-refractivity contribution in [2.24, 2.45) is 9.98 Å². The van der Waals surface area contributed by atoms with E-state index in [2.05, 4.69) is 36.5 Å². The Bertz CT molecular complexity index is 486. The smallest absolute Gasteiger partial charge is 0.247 e. The zero-order chi connectivity index (χ0) is 13.6. The molecule has 0 bridgehead atoms. The average Bonchev–Trinajstić information content (AvgIpc) is 2.88. The van der Waals surface area contributed by atoms with Gasteiger partial charge in [-0.25, -0.2) is 10.0 Å². The molecule has 0 aromatic carbocycles. The summed E-state index contributed by atoms with van der Waals surface area (Å²) in [5.74, 6) is 0.811.